The van der Waals surface area contributed by atoms with Crippen LogP contribution in [0.2, 0.25) is 0 Å². The summed E-state index contributed by atoms with van der Waals surface area (Å²) in [6.07, 6.45) is 1.72. The molecule has 5 heteroatoms. The molecule has 0 saturated heterocycles. The van der Waals surface area contributed by atoms with Gasteiger partial charge >= 0.3 is 0 Å². The first-order chi connectivity index (χ1) is 7.78. The number of nitrogens with zero attached hydrogens (tertiary/aromatic N) is 1. The van der Waals surface area contributed by atoms with E-state index in [0.29, 0.717) is 11.6 Å². The Morgan fingerprint density at radius 3 is 3.00 bits per heavy atom. The number of imidazole rings is 1. The van der Waals surface area contributed by atoms with E-state index in [1.165, 1.54) is 23.9 Å². The molecule has 0 fully saturated rings. The number of hydrogen-bond acceptors (Lipinski definition) is 2. The predicted octanol–water partition coefficient (Wildman–Crippen LogP) is 3.58. The minimum absolute atomic E-state index is 0.217. The fraction of sp³-hybridized carbons (Fsp3) is 0.182. The highest BCUT2D eigenvalue weighted by Gasteiger charge is 2.01. The van der Waals surface area contributed by atoms with Crippen LogP contribution < -0.4 is 0 Å². The summed E-state index contributed by atoms with van der Waals surface area (Å²) in [5, 5.41) is 0. The number of aromatic nitrogens is 2. The number of hydrogen-bond donors (Lipinski definition) is 1. The summed E-state index contributed by atoms with van der Waals surface area (Å²) >= 11 is 7.19. The van der Waals surface area contributed by atoms with Crippen LogP contribution in [-0.4, -0.2) is 9.97 Å². The Labute approximate surface area is 102 Å². The maximum atomic E-state index is 12.9. The van der Waals surface area contributed by atoms with Gasteiger partial charge < -0.3 is 4.98 Å². The van der Waals surface area contributed by atoms with Crippen LogP contribution in [0.15, 0.2) is 35.4 Å². The molecule has 2 rings (SSSR count). The monoisotopic (exact) mass is 256 g/mol. The first-order valence-electron chi connectivity index (χ1n) is 4.75. The molecule has 0 spiro atoms. The lowest BCUT2D eigenvalue weighted by Gasteiger charge is -1.99. The minimum Gasteiger partial charge on any atom is -0.344 e. The smallest absolute Gasteiger partial charge is 0.124 e. The van der Waals surface area contributed by atoms with Crippen LogP contribution in [0.5, 0.6) is 0 Å². The summed E-state index contributed by atoms with van der Waals surface area (Å²) in [5.74, 6) is 1.74. The largest absolute Gasteiger partial charge is 0.344 e. The normalized spacial score (nSPS) is 10.6. The minimum atomic E-state index is -0.217. The molecule has 0 amide bonds. The van der Waals surface area contributed by atoms with Crippen LogP contribution in [0.3, 0.4) is 0 Å². The highest BCUT2D eigenvalue weighted by molar-refractivity contribution is 7.98. The SMILES string of the molecule is Fc1cccc(SCc2ncc(CCl)[nH]2)c1. The van der Waals surface area contributed by atoms with Gasteiger partial charge in [-0.15, -0.1) is 23.4 Å². The van der Waals surface area contributed by atoms with E-state index in [2.05, 4.69) is 9.97 Å². The van der Waals surface area contributed by atoms with Crippen LogP contribution in [0, 0.1) is 5.82 Å². The van der Waals surface area contributed by atoms with Gasteiger partial charge in [-0.3, -0.25) is 0 Å². The van der Waals surface area contributed by atoms with Crippen molar-refractivity contribution in [3.8, 4) is 0 Å². The molecule has 0 bridgehead atoms. The summed E-state index contributed by atoms with van der Waals surface area (Å²) in [6, 6.07) is 6.52. The average Bonchev–Trinajstić information content (AvgIpc) is 2.74. The van der Waals surface area contributed by atoms with Crippen LogP contribution in [0.4, 0.5) is 4.39 Å². The third-order valence-corrected chi connectivity index (χ3v) is 3.29. The number of alkyl halides is 1. The molecule has 2 nitrogen and oxygen atoms in total. The van der Waals surface area contributed by atoms with Crippen molar-refractivity contribution in [2.75, 3.05) is 0 Å². The fourth-order valence-electron chi connectivity index (χ4n) is 1.26. The molecular weight excluding hydrogens is 247 g/mol. The van der Waals surface area contributed by atoms with E-state index in [1.54, 1.807) is 12.3 Å². The molecule has 0 atom stereocenters. The van der Waals surface area contributed by atoms with Crippen molar-refractivity contribution in [1.29, 1.82) is 0 Å². The highest BCUT2D eigenvalue weighted by atomic mass is 35.5. The quantitative estimate of drug-likeness (QED) is 0.669. The van der Waals surface area contributed by atoms with Gasteiger partial charge in [-0.05, 0) is 18.2 Å². The van der Waals surface area contributed by atoms with Gasteiger partial charge in [0.25, 0.3) is 0 Å². The van der Waals surface area contributed by atoms with Crippen molar-refractivity contribution in [2.24, 2.45) is 0 Å². The molecule has 1 N–H and O–H groups in total. The van der Waals surface area contributed by atoms with Gasteiger partial charge in [-0.2, -0.15) is 0 Å². The lowest BCUT2D eigenvalue weighted by atomic mass is 10.4. The molecule has 16 heavy (non-hydrogen) atoms. The summed E-state index contributed by atoms with van der Waals surface area (Å²) in [5.41, 5.74) is 0.900. The second kappa shape index (κ2) is 5.37. The fourth-order valence-corrected chi connectivity index (χ4v) is 2.21. The van der Waals surface area contributed by atoms with E-state index in [9.17, 15) is 4.39 Å². The van der Waals surface area contributed by atoms with Gasteiger partial charge in [0.1, 0.15) is 11.6 Å². The third kappa shape index (κ3) is 3.00. The first-order valence-corrected chi connectivity index (χ1v) is 6.27. The van der Waals surface area contributed by atoms with E-state index < -0.39 is 0 Å². The Bertz CT molecular complexity index is 473. The van der Waals surface area contributed by atoms with Crippen LogP contribution in [-0.2, 0) is 11.6 Å². The highest BCUT2D eigenvalue weighted by Crippen LogP contribution is 2.22. The maximum absolute atomic E-state index is 12.9. The van der Waals surface area contributed by atoms with E-state index in [1.807, 2.05) is 6.07 Å². The van der Waals surface area contributed by atoms with E-state index >= 15 is 0 Å². The van der Waals surface area contributed by atoms with Crippen LogP contribution >= 0.6 is 23.4 Å². The Morgan fingerprint density at radius 2 is 2.31 bits per heavy atom. The Balaban J connectivity index is 1.96. The van der Waals surface area contributed by atoms with Gasteiger partial charge in [0.05, 0.1) is 11.6 Å². The molecule has 0 aliphatic carbocycles. The van der Waals surface area contributed by atoms with Gasteiger partial charge in [0.2, 0.25) is 0 Å². The van der Waals surface area contributed by atoms with Crippen molar-refractivity contribution in [1.82, 2.24) is 9.97 Å². The van der Waals surface area contributed by atoms with Crippen molar-refractivity contribution < 1.29 is 4.39 Å². The van der Waals surface area contributed by atoms with Crippen molar-refractivity contribution in [3.63, 3.8) is 0 Å². The molecule has 84 valence electrons. The molecule has 0 saturated carbocycles. The number of H-pyrrole nitrogens is 1. The lowest BCUT2D eigenvalue weighted by Crippen LogP contribution is -1.85. The summed E-state index contributed by atoms with van der Waals surface area (Å²) in [6.45, 7) is 0. The number of aromatic amines is 1. The van der Waals surface area contributed by atoms with E-state index in [-0.39, 0.29) is 5.82 Å². The molecule has 0 aliphatic heterocycles. The Hall–Kier alpha value is -1.00. The van der Waals surface area contributed by atoms with Crippen molar-refractivity contribution >= 4 is 23.4 Å². The molecule has 1 aromatic carbocycles. The Morgan fingerprint density at radius 1 is 1.44 bits per heavy atom. The third-order valence-electron chi connectivity index (χ3n) is 2.00. The number of benzene rings is 1. The number of thioether (sulfide) groups is 1. The molecule has 1 aromatic heterocycles. The average molecular weight is 257 g/mol. The molecular formula is C11H10ClFN2S. The number of nitrogens with one attached hydrogen (secondary N) is 1. The number of halogens is 2. The predicted molar refractivity (Wildman–Crippen MR) is 64.1 cm³/mol. The van der Waals surface area contributed by atoms with Gasteiger partial charge in [0.15, 0.2) is 0 Å². The standard InChI is InChI=1S/C11H10ClFN2S/c12-5-9-6-14-11(15-9)7-16-10-3-1-2-8(13)4-10/h1-4,6H,5,7H2,(H,14,15). The van der Waals surface area contributed by atoms with Crippen molar-refractivity contribution in [3.05, 3.63) is 47.8 Å². The van der Waals surface area contributed by atoms with Gasteiger partial charge in [0, 0.05) is 16.8 Å². The van der Waals surface area contributed by atoms with E-state index in [0.717, 1.165) is 16.4 Å². The van der Waals surface area contributed by atoms with E-state index in [4.69, 9.17) is 11.6 Å². The van der Waals surface area contributed by atoms with Crippen LogP contribution in [0.1, 0.15) is 11.5 Å². The van der Waals surface area contributed by atoms with Crippen LogP contribution in [0.25, 0.3) is 0 Å². The molecule has 2 aromatic rings. The summed E-state index contributed by atoms with van der Waals surface area (Å²) in [7, 11) is 0. The molecule has 1 heterocycles. The number of rotatable bonds is 4. The second-order valence-electron chi connectivity index (χ2n) is 3.23. The van der Waals surface area contributed by atoms with Gasteiger partial charge in [-0.1, -0.05) is 6.07 Å². The van der Waals surface area contributed by atoms with Gasteiger partial charge in [-0.25, -0.2) is 9.37 Å². The second-order valence-corrected chi connectivity index (χ2v) is 4.55. The summed E-state index contributed by atoms with van der Waals surface area (Å²) in [4.78, 5) is 8.15. The maximum Gasteiger partial charge on any atom is 0.124 e. The Kier molecular flexibility index (Phi) is 3.85. The molecule has 0 aliphatic rings. The summed E-state index contributed by atoms with van der Waals surface area (Å²) < 4.78 is 12.9. The zero-order chi connectivity index (χ0) is 11.4. The zero-order valence-corrected chi connectivity index (χ0v) is 9.98. The zero-order valence-electron chi connectivity index (χ0n) is 8.41. The topological polar surface area (TPSA) is 28.7 Å². The molecule has 0 radical (unpaired) electrons. The van der Waals surface area contributed by atoms with Crippen molar-refractivity contribution in [2.45, 2.75) is 16.5 Å². The molecule has 0 unspecified atom stereocenters. The lowest BCUT2D eigenvalue weighted by molar-refractivity contribution is 0.624. The first kappa shape index (κ1) is 11.5.